The Kier molecular flexibility index (Phi) is 8.36. The first kappa shape index (κ1) is 33.3. The van der Waals surface area contributed by atoms with E-state index in [9.17, 15) is 23.1 Å². The van der Waals surface area contributed by atoms with Crippen LogP contribution in [-0.4, -0.2) is 33.7 Å². The number of carbonyl (C=O) groups is 1. The fourth-order valence-corrected chi connectivity index (χ4v) is 8.01. The molecule has 0 atom stereocenters. The number of anilines is 2. The Labute approximate surface area is 300 Å². The van der Waals surface area contributed by atoms with E-state index in [0.717, 1.165) is 59.6 Å². The first-order valence-electron chi connectivity index (χ1n) is 17.6. The van der Waals surface area contributed by atoms with Gasteiger partial charge in [0.15, 0.2) is 5.69 Å². The lowest BCUT2D eigenvalue weighted by atomic mass is 10.0. The van der Waals surface area contributed by atoms with Gasteiger partial charge in [0.25, 0.3) is 0 Å². The monoisotopic (exact) mass is 698 g/mol. The number of halogens is 3. The molecule has 0 radical (unpaired) electrons. The maximum Gasteiger partial charge on any atom is 0.416 e. The zero-order valence-electron chi connectivity index (χ0n) is 28.7. The standard InChI is InChI=1S/C25H17F3N2O2.C18H20N2/c1-14-22(24(31)32)29-23(16-7-4-8-17(12-16)25(26,27)28)30(14)21-11-5-10-19-18-9-3-2-6-15(18)13-20(19)21;19-18-16-12-13-6-2-3-7-14(13)15(16)8-9-17(18)20-10-4-1-5-11-20/h2-12H,13H2,1H3,(H,31,32);2-3,6-9H,1,4-5,10-12,19H2. The third-order valence-electron chi connectivity index (χ3n) is 10.5. The Morgan fingerprint density at radius 1 is 0.731 bits per heavy atom. The molecule has 9 heteroatoms. The minimum atomic E-state index is -4.52. The number of carboxylic acid groups (broad SMARTS) is 1. The van der Waals surface area contributed by atoms with Crippen LogP contribution in [0, 0.1) is 6.92 Å². The van der Waals surface area contributed by atoms with E-state index in [1.807, 2.05) is 42.5 Å². The Morgan fingerprint density at radius 2 is 1.35 bits per heavy atom. The minimum absolute atomic E-state index is 0.162. The number of rotatable bonds is 4. The SMILES string of the molecule is Cc1c(C(=O)O)nc(-c2cccc(C(F)(F)F)c2)n1-c1cccc2c1Cc1ccccc1-2.Nc1c(N2CCCCC2)ccc2c1Cc1ccccc1-2. The average Bonchev–Trinajstić information content (AvgIpc) is 3.84. The van der Waals surface area contributed by atoms with Crippen molar-refractivity contribution in [3.63, 3.8) is 0 Å². The summed E-state index contributed by atoms with van der Waals surface area (Å²) in [4.78, 5) is 18.5. The highest BCUT2D eigenvalue weighted by Crippen LogP contribution is 2.44. The molecule has 52 heavy (non-hydrogen) atoms. The highest BCUT2D eigenvalue weighted by atomic mass is 19.4. The van der Waals surface area contributed by atoms with Gasteiger partial charge in [0.05, 0.1) is 28.3 Å². The zero-order chi connectivity index (χ0) is 36.1. The molecule has 1 aliphatic heterocycles. The number of alkyl halides is 3. The van der Waals surface area contributed by atoms with Crippen LogP contribution in [0.15, 0.2) is 103 Å². The lowest BCUT2D eigenvalue weighted by Gasteiger charge is -2.30. The lowest BCUT2D eigenvalue weighted by molar-refractivity contribution is -0.137. The molecule has 0 saturated carbocycles. The molecule has 1 aromatic heterocycles. The number of piperidine rings is 1. The summed E-state index contributed by atoms with van der Waals surface area (Å²) in [6.45, 7) is 3.92. The van der Waals surface area contributed by atoms with Gasteiger partial charge in [0.2, 0.25) is 0 Å². The van der Waals surface area contributed by atoms with Crippen LogP contribution < -0.4 is 10.6 Å². The molecule has 3 N–H and O–H groups in total. The van der Waals surface area contributed by atoms with Gasteiger partial charge < -0.3 is 15.7 Å². The molecular weight excluding hydrogens is 661 g/mol. The number of hydrogen-bond donors (Lipinski definition) is 2. The normalized spacial score (nSPS) is 14.2. The van der Waals surface area contributed by atoms with Gasteiger partial charge in [0, 0.05) is 31.5 Å². The zero-order valence-corrected chi connectivity index (χ0v) is 28.7. The molecule has 0 amide bonds. The van der Waals surface area contributed by atoms with Gasteiger partial charge in [-0.1, -0.05) is 78.9 Å². The van der Waals surface area contributed by atoms with Gasteiger partial charge in [-0.05, 0) is 95.0 Å². The Balaban J connectivity index is 0.000000165. The van der Waals surface area contributed by atoms with E-state index in [-0.39, 0.29) is 17.1 Å². The summed E-state index contributed by atoms with van der Waals surface area (Å²) in [6, 6.07) is 31.7. The number of nitrogens with zero attached hydrogens (tertiary/aromatic N) is 3. The number of aromatic carboxylic acids is 1. The van der Waals surface area contributed by atoms with Gasteiger partial charge in [0.1, 0.15) is 5.82 Å². The maximum atomic E-state index is 13.3. The van der Waals surface area contributed by atoms with Crippen LogP contribution >= 0.6 is 0 Å². The molecule has 2 aliphatic carbocycles. The second-order valence-corrected chi connectivity index (χ2v) is 13.6. The molecule has 2 heterocycles. The van der Waals surface area contributed by atoms with Crippen molar-refractivity contribution in [3.8, 4) is 39.3 Å². The van der Waals surface area contributed by atoms with E-state index in [4.69, 9.17) is 5.73 Å². The second kappa shape index (κ2) is 13.1. The Morgan fingerprint density at radius 3 is 2.02 bits per heavy atom. The molecule has 6 nitrogen and oxygen atoms in total. The smallest absolute Gasteiger partial charge is 0.416 e. The first-order valence-corrected chi connectivity index (χ1v) is 17.6. The molecule has 9 rings (SSSR count). The topological polar surface area (TPSA) is 84.4 Å². The van der Waals surface area contributed by atoms with Crippen LogP contribution in [0.5, 0.6) is 0 Å². The van der Waals surface area contributed by atoms with Crippen molar-refractivity contribution >= 4 is 17.3 Å². The third kappa shape index (κ3) is 5.80. The van der Waals surface area contributed by atoms with Crippen LogP contribution in [0.1, 0.15) is 63.3 Å². The second-order valence-electron chi connectivity index (χ2n) is 13.6. The number of benzene rings is 5. The van der Waals surface area contributed by atoms with Gasteiger partial charge in [-0.2, -0.15) is 13.2 Å². The number of hydrogen-bond acceptors (Lipinski definition) is 4. The number of imidazole rings is 1. The van der Waals surface area contributed by atoms with E-state index in [1.54, 1.807) is 11.5 Å². The number of aromatic nitrogens is 2. The van der Waals surface area contributed by atoms with Crippen molar-refractivity contribution in [2.24, 2.45) is 0 Å². The summed E-state index contributed by atoms with van der Waals surface area (Å²) in [5, 5.41) is 9.66. The fraction of sp³-hybridized carbons (Fsp3) is 0.209. The summed E-state index contributed by atoms with van der Waals surface area (Å²) >= 11 is 0. The van der Waals surface area contributed by atoms with Crippen molar-refractivity contribution in [3.05, 3.63) is 142 Å². The van der Waals surface area contributed by atoms with Gasteiger partial charge >= 0.3 is 12.1 Å². The van der Waals surface area contributed by atoms with Crippen molar-refractivity contribution in [1.82, 2.24) is 9.55 Å². The molecule has 6 aromatic rings. The lowest BCUT2D eigenvalue weighted by Crippen LogP contribution is -2.30. The molecule has 0 bridgehead atoms. The van der Waals surface area contributed by atoms with Gasteiger partial charge in [-0.15, -0.1) is 0 Å². The van der Waals surface area contributed by atoms with Crippen LogP contribution in [0.4, 0.5) is 24.5 Å². The van der Waals surface area contributed by atoms with E-state index in [1.165, 1.54) is 59.3 Å². The molecular formula is C43H37F3N4O2. The highest BCUT2D eigenvalue weighted by molar-refractivity contribution is 5.89. The summed E-state index contributed by atoms with van der Waals surface area (Å²) in [5.74, 6) is -1.07. The largest absolute Gasteiger partial charge is 0.476 e. The molecule has 262 valence electrons. The first-order chi connectivity index (χ1) is 25.1. The predicted octanol–water partition coefficient (Wildman–Crippen LogP) is 9.97. The van der Waals surface area contributed by atoms with Gasteiger partial charge in [-0.25, -0.2) is 9.78 Å². The summed E-state index contributed by atoms with van der Waals surface area (Å²) < 4.78 is 41.6. The van der Waals surface area contributed by atoms with Crippen LogP contribution in [0.3, 0.4) is 0 Å². The quantitative estimate of drug-likeness (QED) is 0.179. The average molecular weight is 699 g/mol. The third-order valence-corrected chi connectivity index (χ3v) is 10.5. The number of nitrogen functional groups attached to an aromatic ring is 1. The fourth-order valence-electron chi connectivity index (χ4n) is 8.01. The van der Waals surface area contributed by atoms with E-state index < -0.39 is 17.7 Å². The molecule has 1 fully saturated rings. The van der Waals surface area contributed by atoms with Crippen LogP contribution in [0.25, 0.3) is 39.3 Å². The number of fused-ring (bicyclic) bond motifs is 6. The van der Waals surface area contributed by atoms with Crippen LogP contribution in [0.2, 0.25) is 0 Å². The molecule has 1 saturated heterocycles. The van der Waals surface area contributed by atoms with E-state index >= 15 is 0 Å². The predicted molar refractivity (Wildman–Crippen MR) is 199 cm³/mol. The number of carboxylic acids is 1. The maximum absolute atomic E-state index is 13.3. The molecule has 3 aliphatic rings. The molecule has 5 aromatic carbocycles. The summed E-state index contributed by atoms with van der Waals surface area (Å²) in [6.07, 6.45) is 1.04. The highest BCUT2D eigenvalue weighted by Gasteiger charge is 2.32. The number of nitrogens with two attached hydrogens (primary N) is 1. The summed E-state index contributed by atoms with van der Waals surface area (Å²) in [5.41, 5.74) is 18.7. The van der Waals surface area contributed by atoms with E-state index in [2.05, 4.69) is 46.3 Å². The Bertz CT molecular complexity index is 2350. The van der Waals surface area contributed by atoms with Crippen molar-refractivity contribution in [2.75, 3.05) is 23.7 Å². The van der Waals surface area contributed by atoms with Crippen molar-refractivity contribution in [2.45, 2.75) is 45.2 Å². The van der Waals surface area contributed by atoms with Crippen LogP contribution in [-0.2, 0) is 19.0 Å². The summed E-state index contributed by atoms with van der Waals surface area (Å²) in [7, 11) is 0. The van der Waals surface area contributed by atoms with Crippen molar-refractivity contribution < 1.29 is 23.1 Å². The molecule has 0 spiro atoms. The van der Waals surface area contributed by atoms with Crippen molar-refractivity contribution in [1.29, 1.82) is 0 Å². The Hall–Kier alpha value is -5.83. The van der Waals surface area contributed by atoms with E-state index in [0.29, 0.717) is 17.8 Å². The molecule has 0 unspecified atom stereocenters. The minimum Gasteiger partial charge on any atom is -0.476 e. The van der Waals surface area contributed by atoms with Gasteiger partial charge in [-0.3, -0.25) is 4.57 Å².